The average molecular weight is 1150 g/mol. The molecule has 0 aliphatic rings. The van der Waals surface area contributed by atoms with E-state index in [9.17, 15) is 115 Å². The molecule has 6 rings (SSSR count). The van der Waals surface area contributed by atoms with E-state index in [0.717, 1.165) is 4.90 Å². The van der Waals surface area contributed by atoms with Gasteiger partial charge in [0.25, 0.3) is 0 Å². The van der Waals surface area contributed by atoms with Crippen LogP contribution in [0, 0.1) is 0 Å². The molecule has 3 nitrogen and oxygen atoms in total. The van der Waals surface area contributed by atoms with Crippen molar-refractivity contribution in [2.75, 3.05) is 12.0 Å². The maximum Gasteiger partial charge on any atom is 0.416 e. The first-order valence-corrected chi connectivity index (χ1v) is 22.5. The van der Waals surface area contributed by atoms with Crippen LogP contribution in [0.15, 0.2) is 132 Å². The number of ketones is 1. The van der Waals surface area contributed by atoms with Gasteiger partial charge in [0.15, 0.2) is 10.6 Å². The third-order valence-corrected chi connectivity index (χ3v) is 13.1. The van der Waals surface area contributed by atoms with Gasteiger partial charge in [0.05, 0.1) is 50.1 Å². The van der Waals surface area contributed by atoms with Gasteiger partial charge in [0, 0.05) is 22.5 Å². The van der Waals surface area contributed by atoms with Gasteiger partial charge >= 0.3 is 55.4 Å². The molecule has 29 heteroatoms. The van der Waals surface area contributed by atoms with Crippen molar-refractivity contribution in [3.63, 3.8) is 0 Å². The van der Waals surface area contributed by atoms with E-state index in [2.05, 4.69) is 0 Å². The van der Waals surface area contributed by atoms with Gasteiger partial charge in [-0.3, -0.25) is 4.79 Å². The molecule has 0 aromatic heterocycles. The van der Waals surface area contributed by atoms with Crippen LogP contribution in [0.1, 0.15) is 65.2 Å². The van der Waals surface area contributed by atoms with Gasteiger partial charge in [-0.2, -0.15) is 127 Å². The molecule has 0 saturated heterocycles. The van der Waals surface area contributed by atoms with Crippen molar-refractivity contribution >= 4 is 50.6 Å². The number of Topliss-reactive ketones (excluding diaryl/α,β-unsaturated/α-hetero) is 1. The lowest BCUT2D eigenvalue weighted by atomic mass is 9.12. The molecule has 1 atom stereocenters. The molecular weight excluding hydrogens is 1120 g/mol. The first-order valence-electron chi connectivity index (χ1n) is 20.7. The monoisotopic (exact) mass is 1150 g/mol. The molecule has 0 fully saturated rings. The fraction of sp³-hybridized carbons (Fsp3) is 0.208. The summed E-state index contributed by atoms with van der Waals surface area (Å²) < 4.78 is 341. The molecule has 0 aliphatic carbocycles. The lowest BCUT2D eigenvalue weighted by Gasteiger charge is -2.46. The summed E-state index contributed by atoms with van der Waals surface area (Å²) >= 11 is 0. The minimum atomic E-state index is -6.13. The molecule has 0 heterocycles. The van der Waals surface area contributed by atoms with Gasteiger partial charge < -0.3 is 5.11 Å². The second kappa shape index (κ2) is 21.2. The number of carbonyl (C=O) groups excluding carboxylic acids is 1. The van der Waals surface area contributed by atoms with E-state index in [1.807, 2.05) is 30.5 Å². The zero-order valence-electron chi connectivity index (χ0n) is 37.7. The zero-order valence-corrected chi connectivity index (χ0v) is 38.5. The summed E-state index contributed by atoms with van der Waals surface area (Å²) in [6.07, 6.45) is -52.8. The SMILES string of the molecule is C[S+](CC(=O)c1ccccc1)c1cccc(C(=O)O)c1.FC(F)(F)c1cc([B-](c2cc(C(F)(F)F)cc(C(F)(F)F)c2)(c2cc(C(F)(F)F)cc(C(F)(F)F)c2)c2cc(C(F)(F)F)cc(C(F)(F)F)c2)cc(C(F)(F)F)c1. The van der Waals surface area contributed by atoms with Crippen molar-refractivity contribution in [3.8, 4) is 0 Å². The number of hydrogen-bond acceptors (Lipinski definition) is 2. The summed E-state index contributed by atoms with van der Waals surface area (Å²) in [5.41, 5.74) is -29.3. The highest BCUT2D eigenvalue weighted by atomic mass is 32.2. The quantitative estimate of drug-likeness (QED) is 0.0679. The smallest absolute Gasteiger partial charge is 0.416 e. The van der Waals surface area contributed by atoms with E-state index in [0.29, 0.717) is 11.3 Å². The maximum absolute atomic E-state index is 14.2. The number of carboxylic acid groups (broad SMARTS) is 1. The molecule has 1 N–H and O–H groups in total. The van der Waals surface area contributed by atoms with Crippen LogP contribution in [0.25, 0.3) is 0 Å². The molecule has 414 valence electrons. The molecule has 1 unspecified atom stereocenters. The second-order valence-electron chi connectivity index (χ2n) is 16.6. The van der Waals surface area contributed by atoms with Crippen molar-refractivity contribution in [1.82, 2.24) is 0 Å². The predicted octanol–water partition coefficient (Wildman–Crippen LogP) is 14.1. The highest BCUT2D eigenvalue weighted by Crippen LogP contribution is 2.41. The van der Waals surface area contributed by atoms with Gasteiger partial charge in [-0.25, -0.2) is 4.79 Å². The summed E-state index contributed by atoms with van der Waals surface area (Å²) in [5.74, 6) is -0.469. The van der Waals surface area contributed by atoms with Crippen LogP contribution in [0.2, 0.25) is 0 Å². The van der Waals surface area contributed by atoms with E-state index in [-0.39, 0.29) is 22.2 Å². The Morgan fingerprint density at radius 1 is 0.364 bits per heavy atom. The largest absolute Gasteiger partial charge is 0.478 e. The predicted molar refractivity (Wildman–Crippen MR) is 231 cm³/mol. The standard InChI is InChI=1S/C32H12BF24.C16H14O3S/c34-25(35,36)13-1-14(26(37,38)39)6-21(5-13)33(22-7-15(27(40,41)42)2-16(8-22)28(43,44)45,23-9-17(29(46,47)48)3-18(10-23)30(49,50)51)24-11-19(31(52,53)54)4-20(12-24)32(55,56)57;1-20(11-15(17)12-6-3-2-4-7-12)14-9-5-8-13(10-14)16(18)19/h1-12H;2-10H,11H2,1H3/q-1;/p+1. The van der Waals surface area contributed by atoms with Crippen molar-refractivity contribution < 1.29 is 120 Å². The molecular formula is C48H27BF24O3S. The fourth-order valence-electron chi connectivity index (χ4n) is 7.90. The van der Waals surface area contributed by atoms with Crippen LogP contribution in [0.4, 0.5) is 105 Å². The Balaban J connectivity index is 0.000000455. The Labute approximate surface area is 419 Å². The summed E-state index contributed by atoms with van der Waals surface area (Å²) in [6.45, 7) is 0. The first-order chi connectivity index (χ1) is 34.8. The number of benzene rings is 6. The molecule has 77 heavy (non-hydrogen) atoms. The van der Waals surface area contributed by atoms with E-state index >= 15 is 0 Å². The van der Waals surface area contributed by atoms with Crippen molar-refractivity contribution in [3.05, 3.63) is 183 Å². The van der Waals surface area contributed by atoms with Crippen LogP contribution in [0.5, 0.6) is 0 Å². The number of carboxylic acids is 1. The maximum atomic E-state index is 14.2. The molecule has 0 spiro atoms. The molecule has 0 radical (unpaired) electrons. The summed E-state index contributed by atoms with van der Waals surface area (Å²) in [7, 11) is -0.304. The number of hydrogen-bond donors (Lipinski definition) is 1. The van der Waals surface area contributed by atoms with Crippen LogP contribution in [-0.2, 0) is 60.3 Å². The van der Waals surface area contributed by atoms with E-state index in [1.165, 1.54) is 0 Å². The number of aromatic carboxylic acids is 1. The zero-order chi connectivity index (χ0) is 58.4. The van der Waals surface area contributed by atoms with Gasteiger partial charge in [0.1, 0.15) is 12.4 Å². The van der Waals surface area contributed by atoms with Gasteiger partial charge in [-0.15, -0.1) is 0 Å². The number of carbonyl (C=O) groups is 2. The normalized spacial score (nSPS) is 13.7. The topological polar surface area (TPSA) is 54.4 Å². The van der Waals surface area contributed by atoms with Crippen LogP contribution in [-0.4, -0.2) is 35.0 Å². The fourth-order valence-corrected chi connectivity index (χ4v) is 9.27. The number of rotatable bonds is 9. The van der Waals surface area contributed by atoms with Crippen molar-refractivity contribution in [1.29, 1.82) is 0 Å². The number of halogens is 24. The Bertz CT molecular complexity index is 2690. The average Bonchev–Trinajstić information content (AvgIpc) is 3.29. The molecule has 0 amide bonds. The van der Waals surface area contributed by atoms with Crippen molar-refractivity contribution in [2.45, 2.75) is 54.3 Å². The summed E-state index contributed by atoms with van der Waals surface area (Å²) in [4.78, 5) is 24.0. The lowest BCUT2D eigenvalue weighted by Crippen LogP contribution is -2.75. The van der Waals surface area contributed by atoms with Gasteiger partial charge in [-0.05, 0) is 36.4 Å². The van der Waals surface area contributed by atoms with Crippen molar-refractivity contribution in [2.24, 2.45) is 0 Å². The Morgan fingerprint density at radius 3 is 0.844 bits per heavy atom. The Kier molecular flexibility index (Phi) is 16.8. The molecule has 0 bridgehead atoms. The second-order valence-corrected chi connectivity index (χ2v) is 18.7. The van der Waals surface area contributed by atoms with E-state index in [4.69, 9.17) is 5.11 Å². The highest BCUT2D eigenvalue weighted by Gasteiger charge is 2.47. The Hall–Kier alpha value is -6.81. The minimum Gasteiger partial charge on any atom is -0.478 e. The van der Waals surface area contributed by atoms with Gasteiger partial charge in [0.2, 0.25) is 5.78 Å². The molecule has 6 aromatic carbocycles. The molecule has 0 saturated carbocycles. The Morgan fingerprint density at radius 2 is 0.610 bits per heavy atom. The third-order valence-electron chi connectivity index (χ3n) is 11.4. The summed E-state index contributed by atoms with van der Waals surface area (Å²) in [5, 5.41) is 8.99. The third kappa shape index (κ3) is 14.4. The van der Waals surface area contributed by atoms with Crippen LogP contribution >= 0.6 is 0 Å². The van der Waals surface area contributed by atoms with Crippen LogP contribution in [0.3, 0.4) is 0 Å². The minimum absolute atomic E-state index is 0.0807. The lowest BCUT2D eigenvalue weighted by molar-refractivity contribution is -0.144. The van der Waals surface area contributed by atoms with Gasteiger partial charge in [-0.1, -0.05) is 84.9 Å². The molecule has 6 aromatic rings. The molecule has 0 aliphatic heterocycles. The van der Waals surface area contributed by atoms with Crippen LogP contribution < -0.4 is 21.9 Å². The highest BCUT2D eigenvalue weighted by molar-refractivity contribution is 7.96. The first kappa shape index (κ1) is 61.1. The number of alkyl halides is 24. The summed E-state index contributed by atoms with van der Waals surface area (Å²) in [6, 6.07) is 7.13. The van der Waals surface area contributed by atoms with E-state index in [1.54, 1.807) is 30.3 Å². The van der Waals surface area contributed by atoms with E-state index < -0.39 is 201 Å².